The maximum atomic E-state index is 13.5. The van der Waals surface area contributed by atoms with E-state index in [2.05, 4.69) is 24.2 Å². The fourth-order valence-electron chi connectivity index (χ4n) is 5.63. The number of nitrogens with zero attached hydrogens (tertiary/aromatic N) is 5. The summed E-state index contributed by atoms with van der Waals surface area (Å²) in [5.74, 6) is 0.0699. The van der Waals surface area contributed by atoms with Gasteiger partial charge in [0.15, 0.2) is 5.69 Å². The Hall–Kier alpha value is -3.65. The SMILES string of the molecule is CCCn1nc(C(=O)N(C)Cc2ccccc2)c2c1CCC(Nc1ccc(C(=O)N3CCN(C)CC3)cc1)C2. The number of piperazine rings is 1. The maximum absolute atomic E-state index is 13.5. The van der Waals surface area contributed by atoms with Crippen LogP contribution in [0.4, 0.5) is 5.69 Å². The number of rotatable bonds is 8. The van der Waals surface area contributed by atoms with Crippen LogP contribution in [0.15, 0.2) is 54.6 Å². The van der Waals surface area contributed by atoms with Crippen molar-refractivity contribution in [3.8, 4) is 0 Å². The molecule has 0 saturated carbocycles. The average Bonchev–Trinajstić information content (AvgIpc) is 3.31. The second kappa shape index (κ2) is 12.0. The van der Waals surface area contributed by atoms with E-state index < -0.39 is 0 Å². The fraction of sp³-hybridized carbons (Fsp3) is 0.452. The molecule has 1 N–H and O–H groups in total. The monoisotopic (exact) mass is 528 g/mol. The van der Waals surface area contributed by atoms with Gasteiger partial charge in [-0.25, -0.2) is 0 Å². The predicted octanol–water partition coefficient (Wildman–Crippen LogP) is 3.92. The summed E-state index contributed by atoms with van der Waals surface area (Å²) in [7, 11) is 3.94. The highest BCUT2D eigenvalue weighted by atomic mass is 16.2. The molecule has 2 aliphatic rings. The Balaban J connectivity index is 1.27. The van der Waals surface area contributed by atoms with Gasteiger partial charge in [-0.1, -0.05) is 37.3 Å². The molecule has 2 heterocycles. The highest BCUT2D eigenvalue weighted by Gasteiger charge is 2.30. The third-order valence-electron chi connectivity index (χ3n) is 7.89. The van der Waals surface area contributed by atoms with E-state index in [9.17, 15) is 9.59 Å². The number of amides is 2. The number of anilines is 1. The average molecular weight is 529 g/mol. The number of hydrogen-bond acceptors (Lipinski definition) is 5. The highest BCUT2D eigenvalue weighted by Crippen LogP contribution is 2.28. The van der Waals surface area contributed by atoms with Crippen molar-refractivity contribution in [1.29, 1.82) is 0 Å². The molecular weight excluding hydrogens is 488 g/mol. The first-order valence-electron chi connectivity index (χ1n) is 14.1. The topological polar surface area (TPSA) is 73.7 Å². The number of benzene rings is 2. The molecule has 8 heteroatoms. The van der Waals surface area contributed by atoms with Crippen LogP contribution in [0.2, 0.25) is 0 Å². The van der Waals surface area contributed by atoms with Crippen molar-refractivity contribution in [2.24, 2.45) is 0 Å². The van der Waals surface area contributed by atoms with Crippen LogP contribution in [0.5, 0.6) is 0 Å². The smallest absolute Gasteiger partial charge is 0.274 e. The molecule has 1 fully saturated rings. The number of nitrogens with one attached hydrogen (secondary N) is 1. The molecule has 1 aliphatic heterocycles. The van der Waals surface area contributed by atoms with Crippen molar-refractivity contribution in [1.82, 2.24) is 24.5 Å². The number of hydrogen-bond donors (Lipinski definition) is 1. The Morgan fingerprint density at radius 3 is 2.44 bits per heavy atom. The van der Waals surface area contributed by atoms with Crippen LogP contribution in [0.3, 0.4) is 0 Å². The lowest BCUT2D eigenvalue weighted by atomic mass is 9.90. The summed E-state index contributed by atoms with van der Waals surface area (Å²) in [6.07, 6.45) is 3.58. The molecule has 5 rings (SSSR count). The summed E-state index contributed by atoms with van der Waals surface area (Å²) in [5.41, 5.74) is 5.67. The Morgan fingerprint density at radius 2 is 1.74 bits per heavy atom. The van der Waals surface area contributed by atoms with Crippen LogP contribution in [0, 0.1) is 0 Å². The molecule has 8 nitrogen and oxygen atoms in total. The van der Waals surface area contributed by atoms with Crippen molar-refractivity contribution in [2.75, 3.05) is 45.6 Å². The first-order chi connectivity index (χ1) is 18.9. The van der Waals surface area contributed by atoms with Crippen molar-refractivity contribution >= 4 is 17.5 Å². The molecule has 39 heavy (non-hydrogen) atoms. The van der Waals surface area contributed by atoms with Gasteiger partial charge in [-0.2, -0.15) is 5.10 Å². The summed E-state index contributed by atoms with van der Waals surface area (Å²) in [4.78, 5) is 32.4. The summed E-state index contributed by atoms with van der Waals surface area (Å²) in [5, 5.41) is 8.47. The number of aromatic nitrogens is 2. The van der Waals surface area contributed by atoms with Gasteiger partial charge in [0, 0.05) is 74.9 Å². The number of aryl methyl sites for hydroxylation is 1. The van der Waals surface area contributed by atoms with Crippen molar-refractivity contribution in [2.45, 2.75) is 51.7 Å². The van der Waals surface area contributed by atoms with Crippen LogP contribution in [0.1, 0.15) is 57.4 Å². The lowest BCUT2D eigenvalue weighted by Gasteiger charge is -2.32. The molecule has 1 unspecified atom stereocenters. The summed E-state index contributed by atoms with van der Waals surface area (Å²) in [6, 6.07) is 18.1. The largest absolute Gasteiger partial charge is 0.382 e. The second-order valence-electron chi connectivity index (χ2n) is 10.9. The van der Waals surface area contributed by atoms with Crippen molar-refractivity contribution < 1.29 is 9.59 Å². The summed E-state index contributed by atoms with van der Waals surface area (Å²) in [6.45, 7) is 6.88. The molecule has 1 saturated heterocycles. The molecule has 206 valence electrons. The summed E-state index contributed by atoms with van der Waals surface area (Å²) >= 11 is 0. The van der Waals surface area contributed by atoms with E-state index in [-0.39, 0.29) is 17.9 Å². The van der Waals surface area contributed by atoms with E-state index in [4.69, 9.17) is 5.10 Å². The van der Waals surface area contributed by atoms with E-state index in [0.29, 0.717) is 12.2 Å². The minimum atomic E-state index is -0.0302. The van der Waals surface area contributed by atoms with E-state index in [1.54, 1.807) is 4.90 Å². The highest BCUT2D eigenvalue weighted by molar-refractivity contribution is 5.95. The van der Waals surface area contributed by atoms with Gasteiger partial charge in [0.05, 0.1) is 0 Å². The molecule has 2 amide bonds. The van der Waals surface area contributed by atoms with Crippen molar-refractivity contribution in [3.63, 3.8) is 0 Å². The van der Waals surface area contributed by atoms with Crippen LogP contribution in [0.25, 0.3) is 0 Å². The fourth-order valence-corrected chi connectivity index (χ4v) is 5.63. The van der Waals surface area contributed by atoms with E-state index in [1.165, 1.54) is 5.69 Å². The Bertz CT molecular complexity index is 1280. The minimum Gasteiger partial charge on any atom is -0.382 e. The molecule has 1 atom stereocenters. The van der Waals surface area contributed by atoms with Gasteiger partial charge >= 0.3 is 0 Å². The van der Waals surface area contributed by atoms with Gasteiger partial charge in [0.1, 0.15) is 0 Å². The van der Waals surface area contributed by atoms with Crippen LogP contribution >= 0.6 is 0 Å². The first kappa shape index (κ1) is 26.9. The lowest BCUT2D eigenvalue weighted by Crippen LogP contribution is -2.47. The van der Waals surface area contributed by atoms with Gasteiger partial charge in [0.25, 0.3) is 11.8 Å². The normalized spacial score (nSPS) is 17.5. The number of likely N-dealkylation sites (N-methyl/N-ethyl adjacent to an activating group) is 1. The standard InChI is InChI=1S/C31H40N6O2/c1-4-16-37-28-15-14-26(21-27(28)29(33-37)31(39)35(3)22-23-8-6-5-7-9-23)32-25-12-10-24(11-13-25)30(38)36-19-17-34(2)18-20-36/h5-13,26,32H,4,14-22H2,1-3H3. The zero-order chi connectivity index (χ0) is 27.4. The van der Waals surface area contributed by atoms with Crippen LogP contribution in [-0.4, -0.2) is 82.6 Å². The van der Waals surface area contributed by atoms with Gasteiger partial charge < -0.3 is 20.0 Å². The van der Waals surface area contributed by atoms with E-state index >= 15 is 0 Å². The lowest BCUT2D eigenvalue weighted by molar-refractivity contribution is 0.0663. The maximum Gasteiger partial charge on any atom is 0.274 e. The Morgan fingerprint density at radius 1 is 1.03 bits per heavy atom. The Labute approximate surface area is 231 Å². The third-order valence-corrected chi connectivity index (χ3v) is 7.89. The second-order valence-corrected chi connectivity index (χ2v) is 10.9. The van der Waals surface area contributed by atoms with Gasteiger partial charge in [-0.3, -0.25) is 14.3 Å². The molecule has 1 aromatic heterocycles. The number of carbonyl (C=O) groups is 2. The molecule has 1 aliphatic carbocycles. The van der Waals surface area contributed by atoms with Gasteiger partial charge in [0.2, 0.25) is 0 Å². The third kappa shape index (κ3) is 6.17. The zero-order valence-corrected chi connectivity index (χ0v) is 23.4. The van der Waals surface area contributed by atoms with E-state index in [0.717, 1.165) is 80.8 Å². The van der Waals surface area contributed by atoms with Crippen LogP contribution in [-0.2, 0) is 25.9 Å². The molecule has 0 radical (unpaired) electrons. The molecular formula is C31H40N6O2. The zero-order valence-electron chi connectivity index (χ0n) is 23.4. The number of carbonyl (C=O) groups excluding carboxylic acids is 2. The predicted molar refractivity (Wildman–Crippen MR) is 154 cm³/mol. The molecule has 0 bridgehead atoms. The molecule has 0 spiro atoms. The quantitative estimate of drug-likeness (QED) is 0.480. The first-order valence-corrected chi connectivity index (χ1v) is 14.1. The Kier molecular flexibility index (Phi) is 8.31. The van der Waals surface area contributed by atoms with Crippen molar-refractivity contribution in [3.05, 3.63) is 82.7 Å². The van der Waals surface area contributed by atoms with E-state index in [1.807, 2.05) is 71.2 Å². The summed E-state index contributed by atoms with van der Waals surface area (Å²) < 4.78 is 2.05. The molecule has 3 aromatic rings. The molecule has 2 aromatic carbocycles. The number of fused-ring (bicyclic) bond motifs is 1. The minimum absolute atomic E-state index is 0.0302. The van der Waals surface area contributed by atoms with Crippen LogP contribution < -0.4 is 5.32 Å². The van der Waals surface area contributed by atoms with Gasteiger partial charge in [-0.05, 0) is 62.6 Å². The van der Waals surface area contributed by atoms with Gasteiger partial charge in [-0.15, -0.1) is 0 Å².